The molecule has 1 heterocycles. The topological polar surface area (TPSA) is 67.9 Å². The zero-order valence-electron chi connectivity index (χ0n) is 14.1. The van der Waals surface area contributed by atoms with Gasteiger partial charge >= 0.3 is 12.1 Å². The summed E-state index contributed by atoms with van der Waals surface area (Å²) in [5, 5.41) is 2.57. The number of nitrogens with zero attached hydrogens (tertiary/aromatic N) is 1. The van der Waals surface area contributed by atoms with Crippen LogP contribution in [-0.4, -0.2) is 48.8 Å². The molecule has 0 unspecified atom stereocenters. The van der Waals surface area contributed by atoms with Crippen molar-refractivity contribution >= 4 is 12.1 Å². The maximum Gasteiger partial charge on any atom is 0.407 e. The zero-order chi connectivity index (χ0) is 16.8. The Labute approximate surface area is 132 Å². The summed E-state index contributed by atoms with van der Waals surface area (Å²) in [5.41, 5.74) is 0.277. The molecule has 1 fully saturated rings. The molecule has 1 saturated heterocycles. The van der Waals surface area contributed by atoms with E-state index < -0.39 is 17.6 Å². The van der Waals surface area contributed by atoms with E-state index in [1.807, 2.05) is 0 Å². The van der Waals surface area contributed by atoms with Crippen molar-refractivity contribution in [2.45, 2.75) is 46.1 Å². The Morgan fingerprint density at radius 3 is 2.41 bits per heavy atom. The summed E-state index contributed by atoms with van der Waals surface area (Å²) in [6.45, 7) is 13.4. The van der Waals surface area contributed by atoms with Gasteiger partial charge in [-0.05, 0) is 33.6 Å². The highest BCUT2D eigenvalue weighted by molar-refractivity contribution is 5.74. The van der Waals surface area contributed by atoms with E-state index in [2.05, 4.69) is 16.8 Å². The van der Waals surface area contributed by atoms with E-state index in [4.69, 9.17) is 9.47 Å². The molecule has 1 N–H and O–H groups in total. The largest absolute Gasteiger partial charge is 0.459 e. The van der Waals surface area contributed by atoms with Gasteiger partial charge in [0.15, 0.2) is 0 Å². The first kappa shape index (κ1) is 18.3. The lowest BCUT2D eigenvalue weighted by Gasteiger charge is -2.22. The Kier molecular flexibility index (Phi) is 6.71. The molecule has 1 rings (SSSR count). The Balaban J connectivity index is 2.24. The van der Waals surface area contributed by atoms with Crippen LogP contribution in [0.5, 0.6) is 0 Å². The predicted octanol–water partition coefficient (Wildman–Crippen LogP) is 2.30. The average molecular weight is 312 g/mol. The Morgan fingerprint density at radius 1 is 1.27 bits per heavy atom. The first-order chi connectivity index (χ1) is 10.2. The molecule has 1 amide bonds. The van der Waals surface area contributed by atoms with Crippen molar-refractivity contribution in [3.8, 4) is 0 Å². The van der Waals surface area contributed by atoms with Gasteiger partial charge in [0, 0.05) is 25.3 Å². The molecule has 0 aromatic carbocycles. The van der Waals surface area contributed by atoms with Crippen molar-refractivity contribution in [2.75, 3.05) is 26.2 Å². The van der Waals surface area contributed by atoms with Crippen LogP contribution in [0, 0.1) is 5.92 Å². The number of esters is 1. The molecule has 1 aliphatic rings. The van der Waals surface area contributed by atoms with Crippen LogP contribution in [0.3, 0.4) is 0 Å². The number of hydrogen-bond donors (Lipinski definition) is 1. The molecule has 0 bridgehead atoms. The van der Waals surface area contributed by atoms with Gasteiger partial charge in [0.05, 0.1) is 5.92 Å². The number of hydrogen-bond acceptors (Lipinski definition) is 5. The van der Waals surface area contributed by atoms with E-state index in [9.17, 15) is 9.59 Å². The van der Waals surface area contributed by atoms with Gasteiger partial charge in [-0.25, -0.2) is 4.79 Å². The number of nitrogens with one attached hydrogen (secondary N) is 1. The number of likely N-dealkylation sites (tertiary alicyclic amines) is 1. The minimum Gasteiger partial charge on any atom is -0.459 e. The third-order valence-electron chi connectivity index (χ3n) is 3.29. The second-order valence-corrected chi connectivity index (χ2v) is 6.65. The van der Waals surface area contributed by atoms with Crippen molar-refractivity contribution in [2.24, 2.45) is 5.92 Å². The van der Waals surface area contributed by atoms with Crippen molar-refractivity contribution in [1.29, 1.82) is 0 Å². The lowest BCUT2D eigenvalue weighted by atomic mass is 10.2. The summed E-state index contributed by atoms with van der Waals surface area (Å²) in [7, 11) is 0. The van der Waals surface area contributed by atoms with Crippen LogP contribution < -0.4 is 5.32 Å². The summed E-state index contributed by atoms with van der Waals surface area (Å²) in [4.78, 5) is 25.5. The van der Waals surface area contributed by atoms with Crippen LogP contribution in [0.15, 0.2) is 12.3 Å². The number of alkyl carbamates (subject to hydrolysis) is 1. The quantitative estimate of drug-likeness (QED) is 0.762. The number of amides is 1. The number of carbonyl (C=O) groups is 2. The molecular weight excluding hydrogens is 284 g/mol. The van der Waals surface area contributed by atoms with Crippen LogP contribution in [-0.2, 0) is 14.3 Å². The molecule has 6 heteroatoms. The molecule has 0 aromatic heterocycles. The molecule has 0 aliphatic carbocycles. The summed E-state index contributed by atoms with van der Waals surface area (Å²) < 4.78 is 10.3. The molecule has 22 heavy (non-hydrogen) atoms. The Bertz CT molecular complexity index is 409. The maximum absolute atomic E-state index is 11.9. The predicted molar refractivity (Wildman–Crippen MR) is 84.3 cm³/mol. The monoisotopic (exact) mass is 312 g/mol. The van der Waals surface area contributed by atoms with E-state index in [0.717, 1.165) is 31.6 Å². The zero-order valence-corrected chi connectivity index (χ0v) is 14.1. The normalized spacial score (nSPS) is 16.1. The second-order valence-electron chi connectivity index (χ2n) is 6.65. The summed E-state index contributed by atoms with van der Waals surface area (Å²) in [6, 6.07) is 0. The highest BCUT2D eigenvalue weighted by atomic mass is 16.6. The van der Waals surface area contributed by atoms with Gasteiger partial charge in [0.25, 0.3) is 0 Å². The number of carbonyl (C=O) groups excluding carboxylic acids is 2. The fraction of sp³-hybridized carbons (Fsp3) is 0.750. The van der Waals surface area contributed by atoms with Crippen molar-refractivity contribution in [3.63, 3.8) is 0 Å². The van der Waals surface area contributed by atoms with E-state index in [0.29, 0.717) is 0 Å². The lowest BCUT2D eigenvalue weighted by molar-refractivity contribution is -0.147. The van der Waals surface area contributed by atoms with Gasteiger partial charge in [-0.2, -0.15) is 0 Å². The molecule has 0 radical (unpaired) electrons. The number of ether oxygens (including phenoxy) is 2. The van der Waals surface area contributed by atoms with Crippen LogP contribution in [0.25, 0.3) is 0 Å². The van der Waals surface area contributed by atoms with Crippen LogP contribution in [0.4, 0.5) is 4.79 Å². The molecule has 0 saturated carbocycles. The van der Waals surface area contributed by atoms with Crippen LogP contribution in [0.1, 0.15) is 40.5 Å². The third kappa shape index (κ3) is 6.83. The Hall–Kier alpha value is -1.72. The van der Waals surface area contributed by atoms with Crippen LogP contribution >= 0.6 is 0 Å². The van der Waals surface area contributed by atoms with Gasteiger partial charge < -0.3 is 19.7 Å². The summed E-state index contributed by atoms with van der Waals surface area (Å²) >= 11 is 0. The molecule has 126 valence electrons. The van der Waals surface area contributed by atoms with Gasteiger partial charge in [-0.15, -0.1) is 0 Å². The highest BCUT2D eigenvalue weighted by Crippen LogP contribution is 2.13. The molecule has 1 aliphatic heterocycles. The summed E-state index contributed by atoms with van der Waals surface area (Å²) in [5.74, 6) is -0.782. The lowest BCUT2D eigenvalue weighted by Crippen LogP contribution is -2.37. The minimum absolute atomic E-state index is 0.184. The van der Waals surface area contributed by atoms with Gasteiger partial charge in [-0.3, -0.25) is 4.79 Å². The number of rotatable bonds is 6. The Morgan fingerprint density at radius 2 is 1.86 bits per heavy atom. The SMILES string of the molecule is C=C(COC(=O)[C@H](C)CNC(=O)OC(C)(C)C)N1CCCC1. The fourth-order valence-electron chi connectivity index (χ4n) is 2.06. The highest BCUT2D eigenvalue weighted by Gasteiger charge is 2.20. The second kappa shape index (κ2) is 8.06. The standard InChI is InChI=1S/C16H28N2O4/c1-12(10-17-15(20)22-16(3,4)5)14(19)21-11-13(2)18-8-6-7-9-18/h12H,2,6-11H2,1,3-5H3,(H,17,20)/t12-/m1/s1. The van der Waals surface area contributed by atoms with E-state index >= 15 is 0 Å². The fourth-order valence-corrected chi connectivity index (χ4v) is 2.06. The van der Waals surface area contributed by atoms with E-state index in [1.165, 1.54) is 0 Å². The minimum atomic E-state index is -0.554. The van der Waals surface area contributed by atoms with E-state index in [1.54, 1.807) is 27.7 Å². The van der Waals surface area contributed by atoms with E-state index in [-0.39, 0.29) is 19.1 Å². The molecular formula is C16H28N2O4. The van der Waals surface area contributed by atoms with Crippen molar-refractivity contribution < 1.29 is 19.1 Å². The van der Waals surface area contributed by atoms with Gasteiger partial charge in [-0.1, -0.05) is 13.5 Å². The molecule has 0 spiro atoms. The van der Waals surface area contributed by atoms with Crippen molar-refractivity contribution in [1.82, 2.24) is 10.2 Å². The van der Waals surface area contributed by atoms with Crippen LogP contribution in [0.2, 0.25) is 0 Å². The smallest absolute Gasteiger partial charge is 0.407 e. The van der Waals surface area contributed by atoms with Gasteiger partial charge in [0.1, 0.15) is 12.2 Å². The average Bonchev–Trinajstić information content (AvgIpc) is 2.93. The van der Waals surface area contributed by atoms with Gasteiger partial charge in [0.2, 0.25) is 0 Å². The van der Waals surface area contributed by atoms with Crippen molar-refractivity contribution in [3.05, 3.63) is 12.3 Å². The molecule has 6 nitrogen and oxygen atoms in total. The first-order valence-corrected chi connectivity index (χ1v) is 7.75. The molecule has 1 atom stereocenters. The molecule has 0 aromatic rings. The third-order valence-corrected chi connectivity index (χ3v) is 3.29. The first-order valence-electron chi connectivity index (χ1n) is 7.75. The maximum atomic E-state index is 11.9. The summed E-state index contributed by atoms with van der Waals surface area (Å²) in [6.07, 6.45) is 1.78.